The lowest BCUT2D eigenvalue weighted by molar-refractivity contribution is 1.10. The zero-order chi connectivity index (χ0) is 63.7. The van der Waals surface area contributed by atoms with Crippen LogP contribution < -0.4 is 0 Å². The third-order valence-corrected chi connectivity index (χ3v) is 13.3. The number of rotatable bonds is 7. The molecule has 0 fully saturated rings. The fourth-order valence-electron chi connectivity index (χ4n) is 8.59. The summed E-state index contributed by atoms with van der Waals surface area (Å²) in [4.78, 5) is 66.2. The lowest BCUT2D eigenvalue weighted by Crippen LogP contribution is -1.90. The lowest BCUT2D eigenvalue weighted by Gasteiger charge is -2.02. The van der Waals surface area contributed by atoms with E-state index in [9.17, 15) is 0 Å². The first-order valence-electron chi connectivity index (χ1n) is 29.1. The second-order valence-electron chi connectivity index (χ2n) is 20.0. The Morgan fingerprint density at radius 1 is 0.198 bits per heavy atom. The molecule has 0 saturated carbocycles. The van der Waals surface area contributed by atoms with Gasteiger partial charge in [0.1, 0.15) is 25.3 Å². The Bertz CT molecular complexity index is 3850. The van der Waals surface area contributed by atoms with Crippen LogP contribution in [0.1, 0.15) is 39.9 Å². The molecule has 14 rings (SSSR count). The fourth-order valence-corrected chi connectivity index (χ4v) is 8.59. The standard InChI is InChI=1S/C12H11N.3C11H10N2.3C10H9N3/c1-10-6-5-9-12(13-10)11-7-3-2-4-8-11;1-9-4-2-6-11(13-9)10-5-3-7-12-8-10;1-9-5-4-7-11(13-9)10-6-2-3-8-12-10;1-9-11(7-12-8-13-9)10-5-3-2-4-6-10;1-8-10(6-12-7-13-8)9-2-4-11-5-3-9;1-8-10(6-12-7-13-8)9-3-2-4-11-5-9;1-8-9(6-11-7-13-8)10-4-2-3-5-12-10/h2-9H,1H3;3*2-8H,1H3;3*2-7H,1H3. The third-order valence-electron chi connectivity index (χ3n) is 13.3. The number of aryl methyl sites for hydroxylation is 7. The van der Waals surface area contributed by atoms with Crippen molar-refractivity contribution in [2.75, 3.05) is 0 Å². The fraction of sp³-hybridized carbons (Fsp3) is 0.0933. The van der Waals surface area contributed by atoms with Gasteiger partial charge in [0.15, 0.2) is 0 Å². The van der Waals surface area contributed by atoms with Gasteiger partial charge in [-0.3, -0.25) is 39.9 Å². The summed E-state index contributed by atoms with van der Waals surface area (Å²) in [6, 6.07) is 61.7. The van der Waals surface area contributed by atoms with Crippen LogP contribution in [0.5, 0.6) is 0 Å². The Balaban J connectivity index is 0.000000137. The van der Waals surface area contributed by atoms with E-state index >= 15 is 0 Å². The van der Waals surface area contributed by atoms with Crippen LogP contribution in [0.2, 0.25) is 0 Å². The van der Waals surface area contributed by atoms with Gasteiger partial charge >= 0.3 is 0 Å². The Kier molecular flexibility index (Phi) is 25.4. The second kappa shape index (κ2) is 35.6. The van der Waals surface area contributed by atoms with E-state index < -0.39 is 0 Å². The monoisotopic (exact) mass is 1190 g/mol. The molecule has 0 aliphatic heterocycles. The average Bonchev–Trinajstić information content (AvgIpc) is 3.81. The van der Waals surface area contributed by atoms with E-state index in [1.54, 1.807) is 74.9 Å². The molecule has 14 aromatic rings. The highest BCUT2D eigenvalue weighted by Crippen LogP contribution is 2.23. The van der Waals surface area contributed by atoms with Crippen molar-refractivity contribution in [2.24, 2.45) is 0 Å². The smallest absolute Gasteiger partial charge is 0.115 e. The van der Waals surface area contributed by atoms with Gasteiger partial charge in [-0.05, 0) is 151 Å². The highest BCUT2D eigenvalue weighted by Gasteiger charge is 2.06. The van der Waals surface area contributed by atoms with Crippen LogP contribution >= 0.6 is 0 Å². The normalized spacial score (nSPS) is 9.92. The maximum atomic E-state index is 4.44. The zero-order valence-electron chi connectivity index (χ0n) is 51.8. The van der Waals surface area contributed by atoms with E-state index in [4.69, 9.17) is 0 Å². The molecule has 448 valence electrons. The Labute approximate surface area is 531 Å². The van der Waals surface area contributed by atoms with Gasteiger partial charge in [0, 0.05) is 147 Å². The SMILES string of the molecule is Cc1cccc(-c2ccccc2)n1.Cc1cccc(-c2ccccn2)n1.Cc1cccc(-c2cccnc2)n1.Cc1ncncc1-c1ccccc1.Cc1ncncc1-c1ccccn1.Cc1ncncc1-c1cccnc1.Cc1ncncc1-c1ccncc1. The quantitative estimate of drug-likeness (QED) is 0.145. The summed E-state index contributed by atoms with van der Waals surface area (Å²) in [7, 11) is 0. The first kappa shape index (κ1) is 64.9. The topological polar surface area (TPSA) is 206 Å². The molecule has 0 bridgehead atoms. The van der Waals surface area contributed by atoms with Gasteiger partial charge < -0.3 is 0 Å². The molecule has 0 aliphatic carbocycles. The number of aromatic nitrogens is 16. The maximum Gasteiger partial charge on any atom is 0.115 e. The van der Waals surface area contributed by atoms with Gasteiger partial charge in [0.25, 0.3) is 0 Å². The van der Waals surface area contributed by atoms with Crippen molar-refractivity contribution in [3.05, 3.63) is 328 Å². The van der Waals surface area contributed by atoms with E-state index in [-0.39, 0.29) is 0 Å². The highest BCUT2D eigenvalue weighted by molar-refractivity contribution is 5.66. The van der Waals surface area contributed by atoms with Crippen LogP contribution in [-0.2, 0) is 0 Å². The number of benzene rings is 2. The summed E-state index contributed by atoms with van der Waals surface area (Å²) < 4.78 is 0. The average molecular weight is 1190 g/mol. The minimum atomic E-state index is 0.917. The summed E-state index contributed by atoms with van der Waals surface area (Å²) in [5.74, 6) is 0. The first-order chi connectivity index (χ1) is 44.6. The van der Waals surface area contributed by atoms with E-state index in [2.05, 4.69) is 104 Å². The molecule has 12 heterocycles. The molecule has 16 nitrogen and oxygen atoms in total. The molecule has 0 unspecified atom stereocenters. The predicted octanol–water partition coefficient (Wildman–Crippen LogP) is 16.0. The molecule has 2 aromatic carbocycles. The lowest BCUT2D eigenvalue weighted by atomic mass is 10.1. The van der Waals surface area contributed by atoms with Crippen LogP contribution in [0.25, 0.3) is 78.5 Å². The Hall–Kier alpha value is -12.0. The van der Waals surface area contributed by atoms with E-state index in [0.717, 1.165) is 107 Å². The van der Waals surface area contributed by atoms with E-state index in [0.29, 0.717) is 0 Å². The Morgan fingerprint density at radius 2 is 0.560 bits per heavy atom. The minimum absolute atomic E-state index is 0.917. The van der Waals surface area contributed by atoms with Crippen molar-refractivity contribution in [3.63, 3.8) is 0 Å². The van der Waals surface area contributed by atoms with Crippen LogP contribution in [0.15, 0.2) is 288 Å². The molecule has 16 heteroatoms. The van der Waals surface area contributed by atoms with Gasteiger partial charge in [0.05, 0.1) is 34.2 Å². The summed E-state index contributed by atoms with van der Waals surface area (Å²) in [5, 5.41) is 0. The molecule has 0 amide bonds. The molecule has 91 heavy (non-hydrogen) atoms. The van der Waals surface area contributed by atoms with Crippen LogP contribution in [-0.4, -0.2) is 79.7 Å². The molecule has 0 radical (unpaired) electrons. The molecule has 0 aliphatic rings. The summed E-state index contributed by atoms with van der Waals surface area (Å²) in [6.45, 7) is 13.8. The summed E-state index contributed by atoms with van der Waals surface area (Å²) >= 11 is 0. The van der Waals surface area contributed by atoms with Gasteiger partial charge in [-0.15, -0.1) is 0 Å². The zero-order valence-corrected chi connectivity index (χ0v) is 51.8. The molecule has 0 atom stereocenters. The molecule has 0 spiro atoms. The van der Waals surface area contributed by atoms with E-state index in [1.165, 1.54) is 11.1 Å². The highest BCUT2D eigenvalue weighted by atomic mass is 14.8. The number of nitrogens with zero attached hydrogens (tertiary/aromatic N) is 16. The predicted molar refractivity (Wildman–Crippen MR) is 361 cm³/mol. The third kappa shape index (κ3) is 21.1. The van der Waals surface area contributed by atoms with Crippen LogP contribution in [0.4, 0.5) is 0 Å². The maximum absolute atomic E-state index is 4.44. The van der Waals surface area contributed by atoms with Gasteiger partial charge in [-0.1, -0.05) is 97.1 Å². The van der Waals surface area contributed by atoms with Crippen molar-refractivity contribution >= 4 is 0 Å². The largest absolute Gasteiger partial charge is 0.265 e. The van der Waals surface area contributed by atoms with Crippen molar-refractivity contribution in [1.29, 1.82) is 0 Å². The summed E-state index contributed by atoms with van der Waals surface area (Å²) in [6.07, 6.45) is 27.7. The number of pyridine rings is 8. The van der Waals surface area contributed by atoms with E-state index in [1.807, 2.05) is 237 Å². The van der Waals surface area contributed by atoms with Crippen molar-refractivity contribution < 1.29 is 0 Å². The molecular weight excluding hydrogens is 1120 g/mol. The van der Waals surface area contributed by atoms with Crippen LogP contribution in [0.3, 0.4) is 0 Å². The minimum Gasteiger partial charge on any atom is -0.265 e. The van der Waals surface area contributed by atoms with Crippen molar-refractivity contribution in [2.45, 2.75) is 48.5 Å². The number of hydrogen-bond acceptors (Lipinski definition) is 16. The molecule has 0 saturated heterocycles. The number of hydrogen-bond donors (Lipinski definition) is 0. The second-order valence-corrected chi connectivity index (χ2v) is 20.0. The molecule has 12 aromatic heterocycles. The van der Waals surface area contributed by atoms with Crippen molar-refractivity contribution in [1.82, 2.24) is 79.7 Å². The van der Waals surface area contributed by atoms with Gasteiger partial charge in [-0.25, -0.2) is 39.9 Å². The summed E-state index contributed by atoms with van der Waals surface area (Å²) in [5.41, 5.74) is 21.6. The Morgan fingerprint density at radius 3 is 0.989 bits per heavy atom. The van der Waals surface area contributed by atoms with Gasteiger partial charge in [0.2, 0.25) is 0 Å². The first-order valence-corrected chi connectivity index (χ1v) is 29.1. The van der Waals surface area contributed by atoms with Crippen molar-refractivity contribution in [3.8, 4) is 78.5 Å². The molecule has 0 N–H and O–H groups in total. The van der Waals surface area contributed by atoms with Gasteiger partial charge in [-0.2, -0.15) is 0 Å². The molecular formula is C75H68N16. The van der Waals surface area contributed by atoms with Crippen LogP contribution in [0, 0.1) is 48.5 Å².